The molecule has 8 atom stereocenters. The van der Waals surface area contributed by atoms with Crippen molar-refractivity contribution in [1.29, 1.82) is 0 Å². The summed E-state index contributed by atoms with van der Waals surface area (Å²) in [5.41, 5.74) is 9.28. The molecule has 9 aromatic rings. The Balaban J connectivity index is 0.000000150. The number of hydrogen-bond donors (Lipinski definition) is 2. The molecule has 5 aliphatic heterocycles. The lowest BCUT2D eigenvalue weighted by atomic mass is 9.87. The number of methoxy groups -OCH3 is 2. The smallest absolute Gasteiger partial charge is 0.335 e. The second kappa shape index (κ2) is 36.5. The topological polar surface area (TPSA) is 178 Å². The molecular formula is C90H104ClN5O10. The second-order valence-electron chi connectivity index (χ2n) is 30.0. The van der Waals surface area contributed by atoms with E-state index < -0.39 is 24.0 Å². The normalized spacial score (nSPS) is 20.0. The number of aromatic carboxylic acids is 1. The minimum atomic E-state index is -0.914. The average molecular weight is 1450 g/mol. The first-order valence-corrected chi connectivity index (χ1v) is 38.2. The van der Waals surface area contributed by atoms with Gasteiger partial charge >= 0.3 is 23.9 Å². The van der Waals surface area contributed by atoms with Crippen molar-refractivity contribution in [3.05, 3.63) is 234 Å². The van der Waals surface area contributed by atoms with E-state index in [1.807, 2.05) is 60.7 Å². The maximum absolute atomic E-state index is 13.0. The highest BCUT2D eigenvalue weighted by atomic mass is 35.5. The molecule has 0 radical (unpaired) electrons. The summed E-state index contributed by atoms with van der Waals surface area (Å²) >= 11 is 0. The zero-order chi connectivity index (χ0) is 73.5. The summed E-state index contributed by atoms with van der Waals surface area (Å²) in [6.07, 6.45) is 14.3. The van der Waals surface area contributed by atoms with Crippen molar-refractivity contribution < 1.29 is 48.5 Å². The molecule has 5 saturated heterocycles. The fourth-order valence-corrected chi connectivity index (χ4v) is 17.5. The molecule has 106 heavy (non-hydrogen) atoms. The Morgan fingerprint density at radius 1 is 0.377 bits per heavy atom. The summed E-state index contributed by atoms with van der Waals surface area (Å²) < 4.78 is 9.48. The lowest BCUT2D eigenvalue weighted by molar-refractivity contribution is -0.145. The number of amides is 2. The molecular weight excluding hydrogens is 1350 g/mol. The van der Waals surface area contributed by atoms with Crippen LogP contribution in [-0.4, -0.2) is 134 Å². The van der Waals surface area contributed by atoms with Gasteiger partial charge in [0.05, 0.1) is 25.7 Å². The number of rotatable bonds is 18. The van der Waals surface area contributed by atoms with E-state index in [0.717, 1.165) is 88.4 Å². The van der Waals surface area contributed by atoms with Crippen LogP contribution in [-0.2, 0) is 23.9 Å². The van der Waals surface area contributed by atoms with Crippen LogP contribution in [0.5, 0.6) is 0 Å². The van der Waals surface area contributed by atoms with E-state index in [9.17, 15) is 33.9 Å². The summed E-state index contributed by atoms with van der Waals surface area (Å²) in [6, 6.07) is 67.5. The molecule has 2 N–H and O–H groups in total. The van der Waals surface area contributed by atoms with Gasteiger partial charge in [0.25, 0.3) is 11.8 Å². The maximum Gasteiger partial charge on any atom is 0.335 e. The van der Waals surface area contributed by atoms with Gasteiger partial charge in [-0.1, -0.05) is 161 Å². The number of carbonyl (C=O) groups excluding carboxylic acids is 4. The lowest BCUT2D eigenvalue weighted by Crippen LogP contribution is -2.41. The molecule has 16 heteroatoms. The monoisotopic (exact) mass is 1450 g/mol. The number of carbonyl (C=O) groups is 6. The van der Waals surface area contributed by atoms with Crippen LogP contribution < -0.4 is 14.7 Å². The average Bonchev–Trinajstić information content (AvgIpc) is 1.14. The third-order valence-electron chi connectivity index (χ3n) is 23.1. The van der Waals surface area contributed by atoms with Crippen LogP contribution in [0.25, 0.3) is 32.3 Å². The van der Waals surface area contributed by atoms with Gasteiger partial charge in [0, 0.05) is 80.5 Å². The van der Waals surface area contributed by atoms with Crippen LogP contribution >= 0.6 is 12.4 Å². The molecule has 5 heterocycles. The summed E-state index contributed by atoms with van der Waals surface area (Å²) in [5.74, 6) is 1.30. The second-order valence-corrected chi connectivity index (χ2v) is 30.0. The van der Waals surface area contributed by atoms with Crippen molar-refractivity contribution in [1.82, 2.24) is 9.80 Å². The van der Waals surface area contributed by atoms with Crippen LogP contribution in [0.1, 0.15) is 176 Å². The van der Waals surface area contributed by atoms with Crippen molar-refractivity contribution in [3.63, 3.8) is 0 Å². The number of halogens is 1. The first-order chi connectivity index (χ1) is 51.0. The standard InChI is InChI=1S/C30H34N2O3.C29H32N2O3.C24H25NO2.C7H12O2.ClH/c1-21(26-10-5-8-23-7-3-4-9-27(23)26)19-22-16-18-31(20-22)25-14-12-24(13-15-25)29(33)32-17-6-11-28(32)30(34)35-2;1-20(25-9-4-7-22-6-2-3-8-26(22)25)18-21-15-17-30(19-21)24-13-11-23(12-14-24)28(32)31-16-5-10-27(31)29(33)34;1-17(22-8-4-6-19-5-2-3-7-23(19)22)15-18-13-14-25(16-18)21-11-9-20(10-12-21)24(26)27;1-9-7(8)6-4-2-3-5-6;/h3-5,7-10,12-15,21-22,28H,6,11,16-20H2,1-2H3;2-4,6-9,11-14,20-21,27H,5,10,15-19H2,1H3,(H,33,34);2-12,17-18H,13-16H2,1H3,(H,26,27);6H,2-5H2,1H3;1H/t21-,22+,28+;20-,21+,27+;17-,18+;;/m000../s1. The van der Waals surface area contributed by atoms with Crippen molar-refractivity contribution in [2.24, 2.45) is 23.7 Å². The minimum Gasteiger partial charge on any atom is -0.480 e. The number of ether oxygens (including phenoxy) is 2. The van der Waals surface area contributed by atoms with Gasteiger partial charge in [-0.2, -0.15) is 0 Å². The molecule has 9 aromatic carbocycles. The van der Waals surface area contributed by atoms with E-state index in [0.29, 0.717) is 78.1 Å². The van der Waals surface area contributed by atoms with Gasteiger partial charge in [-0.25, -0.2) is 14.4 Å². The van der Waals surface area contributed by atoms with Gasteiger partial charge < -0.3 is 44.2 Å². The number of esters is 2. The molecule has 1 aliphatic carbocycles. The van der Waals surface area contributed by atoms with Crippen LogP contribution in [0, 0.1) is 23.7 Å². The highest BCUT2D eigenvalue weighted by molar-refractivity contribution is 5.98. The Morgan fingerprint density at radius 2 is 0.708 bits per heavy atom. The fraction of sp³-hybridized carbons (Fsp3) is 0.400. The third kappa shape index (κ3) is 18.7. The van der Waals surface area contributed by atoms with Crippen LogP contribution in [0.3, 0.4) is 0 Å². The number of anilines is 3. The van der Waals surface area contributed by atoms with Crippen LogP contribution in [0.15, 0.2) is 200 Å². The third-order valence-corrected chi connectivity index (χ3v) is 23.1. The predicted octanol–water partition coefficient (Wildman–Crippen LogP) is 18.5. The number of carboxylic acids is 2. The number of aliphatic carboxylic acids is 1. The molecule has 15 nitrogen and oxygen atoms in total. The quantitative estimate of drug-likeness (QED) is 0.0777. The number of benzene rings is 9. The zero-order valence-electron chi connectivity index (χ0n) is 62.1. The van der Waals surface area contributed by atoms with E-state index in [4.69, 9.17) is 9.84 Å². The van der Waals surface area contributed by atoms with E-state index >= 15 is 0 Å². The predicted molar refractivity (Wildman–Crippen MR) is 427 cm³/mol. The minimum absolute atomic E-state index is 0. The van der Waals surface area contributed by atoms with Gasteiger partial charge in [-0.15, -0.1) is 12.4 Å². The largest absolute Gasteiger partial charge is 0.480 e. The van der Waals surface area contributed by atoms with Gasteiger partial charge in [-0.05, 0) is 234 Å². The van der Waals surface area contributed by atoms with E-state index in [1.165, 1.54) is 113 Å². The van der Waals surface area contributed by atoms with Crippen LogP contribution in [0.2, 0.25) is 0 Å². The maximum atomic E-state index is 13.0. The Morgan fingerprint density at radius 3 is 1.06 bits per heavy atom. The summed E-state index contributed by atoms with van der Waals surface area (Å²) in [6.45, 7) is 14.4. The Kier molecular flexibility index (Phi) is 26.7. The van der Waals surface area contributed by atoms with E-state index in [1.54, 1.807) is 17.0 Å². The molecule has 1 saturated carbocycles. The van der Waals surface area contributed by atoms with Gasteiger partial charge in [0.15, 0.2) is 0 Å². The number of carboxylic acid groups (broad SMARTS) is 2. The number of fused-ring (bicyclic) bond motifs is 3. The molecule has 2 amide bonds. The summed E-state index contributed by atoms with van der Waals surface area (Å²) in [5, 5.41) is 26.4. The Bertz CT molecular complexity index is 4450. The first kappa shape index (κ1) is 77.4. The molecule has 556 valence electrons. The number of likely N-dealkylation sites (tertiary alicyclic amines) is 2. The van der Waals surface area contributed by atoms with E-state index in [2.05, 4.69) is 168 Å². The van der Waals surface area contributed by atoms with Crippen molar-refractivity contribution in [3.8, 4) is 0 Å². The highest BCUT2D eigenvalue weighted by Crippen LogP contribution is 2.39. The molecule has 0 aromatic heterocycles. The highest BCUT2D eigenvalue weighted by Gasteiger charge is 2.37. The SMILES string of the molecule is COC(=O)C1CCCC1.COC(=O)[C@H]1CCCN1C(=O)c1ccc(N2CC[C@H](C[C@H](C)c3cccc4ccccc34)C2)cc1.C[C@@H](C[C@H]1CCN(c2ccc(C(=O)N3CCC[C@@H]3C(=O)O)cc2)C1)c1cccc2ccccc12.C[C@@H](C[C@H]1CCN(c2ccc(C(=O)O)cc2)C1)c1cccc2ccccc12.Cl. The van der Waals surface area contributed by atoms with Gasteiger partial charge in [0.1, 0.15) is 12.1 Å². The molecule has 0 unspecified atom stereocenters. The lowest BCUT2D eigenvalue weighted by Gasteiger charge is -2.24. The van der Waals surface area contributed by atoms with Crippen LogP contribution in [0.4, 0.5) is 17.1 Å². The number of hydrogen-bond acceptors (Lipinski definition) is 11. The number of nitrogens with zero attached hydrogens (tertiary/aromatic N) is 5. The van der Waals surface area contributed by atoms with Crippen molar-refractivity contribution >= 4 is 97.5 Å². The van der Waals surface area contributed by atoms with Crippen molar-refractivity contribution in [2.75, 3.05) is 81.3 Å². The Labute approximate surface area is 631 Å². The molecule has 15 rings (SSSR count). The molecule has 0 spiro atoms. The van der Waals surface area contributed by atoms with E-state index in [-0.39, 0.29) is 42.1 Å². The summed E-state index contributed by atoms with van der Waals surface area (Å²) in [4.78, 5) is 81.5. The molecule has 6 aliphatic rings. The fourth-order valence-electron chi connectivity index (χ4n) is 17.5. The Hall–Kier alpha value is -9.73. The molecule has 6 fully saturated rings. The molecule has 0 bridgehead atoms. The van der Waals surface area contributed by atoms with Gasteiger partial charge in [-0.3, -0.25) is 14.4 Å². The van der Waals surface area contributed by atoms with Gasteiger partial charge in [0.2, 0.25) is 0 Å². The first-order valence-electron chi connectivity index (χ1n) is 38.2. The van der Waals surface area contributed by atoms with Crippen molar-refractivity contribution in [2.45, 2.75) is 141 Å². The zero-order valence-corrected chi connectivity index (χ0v) is 62.9. The summed E-state index contributed by atoms with van der Waals surface area (Å²) in [7, 11) is 2.84.